The quantitative estimate of drug-likeness (QED) is 0.0212. The van der Waals surface area contributed by atoms with Crippen molar-refractivity contribution in [2.45, 2.75) is 373 Å². The van der Waals surface area contributed by atoms with Gasteiger partial charge in [-0.15, -0.1) is 0 Å². The van der Waals surface area contributed by atoms with Crippen LogP contribution in [0.1, 0.15) is 361 Å². The number of hydrogen-bond donors (Lipinski definition) is 1. The van der Waals surface area contributed by atoms with Crippen LogP contribution in [0.4, 0.5) is 0 Å². The molecule has 0 spiro atoms. The van der Waals surface area contributed by atoms with Crippen LogP contribution in [0.15, 0.2) is 60.8 Å². The lowest BCUT2D eigenvalue weighted by Crippen LogP contribution is -2.47. The van der Waals surface area contributed by atoms with Gasteiger partial charge in [0.05, 0.1) is 33.8 Å². The Hall–Kier alpha value is -2.29. The van der Waals surface area contributed by atoms with Crippen LogP contribution in [0.5, 0.6) is 0 Å². The third kappa shape index (κ3) is 66.1. The second-order valence-corrected chi connectivity index (χ2v) is 27.9. The number of esters is 1. The Labute approximate surface area is 534 Å². The first-order valence-corrected chi connectivity index (χ1v) is 38.6. The lowest BCUT2D eigenvalue weighted by Gasteiger charge is -2.30. The maximum absolute atomic E-state index is 13.6. The fourth-order valence-corrected chi connectivity index (χ4v) is 11.7. The lowest BCUT2D eigenvalue weighted by atomic mass is 10.0. The molecule has 0 aliphatic rings. The zero-order chi connectivity index (χ0) is 62.8. The van der Waals surface area contributed by atoms with Gasteiger partial charge in [0.15, 0.2) is 0 Å². The lowest BCUT2D eigenvalue weighted by molar-refractivity contribution is -0.870. The second-order valence-electron chi connectivity index (χ2n) is 26.5. The van der Waals surface area contributed by atoms with Crippen molar-refractivity contribution in [2.24, 2.45) is 0 Å². The first kappa shape index (κ1) is 83.7. The summed E-state index contributed by atoms with van der Waals surface area (Å²) in [6, 6.07) is -0.890. The van der Waals surface area contributed by atoms with Crippen molar-refractivity contribution < 1.29 is 37.3 Å². The number of phosphoric ester groups is 1. The van der Waals surface area contributed by atoms with Gasteiger partial charge in [0.1, 0.15) is 19.3 Å². The molecule has 0 rings (SSSR count). The van der Waals surface area contributed by atoms with Crippen molar-refractivity contribution in [3.63, 3.8) is 0 Å². The molecule has 0 bridgehead atoms. The number of carbonyl (C=O) groups is 2. The molecule has 3 unspecified atom stereocenters. The smallest absolute Gasteiger partial charge is 0.306 e. The fourth-order valence-electron chi connectivity index (χ4n) is 11.0. The Morgan fingerprint density at radius 2 is 0.709 bits per heavy atom. The van der Waals surface area contributed by atoms with E-state index < -0.39 is 20.0 Å². The third-order valence-corrected chi connectivity index (χ3v) is 17.7. The molecule has 0 saturated carbocycles. The van der Waals surface area contributed by atoms with Crippen molar-refractivity contribution >= 4 is 19.7 Å². The Morgan fingerprint density at radius 1 is 0.407 bits per heavy atom. The molecule has 0 saturated heterocycles. The van der Waals surface area contributed by atoms with E-state index in [0.29, 0.717) is 17.4 Å². The summed E-state index contributed by atoms with van der Waals surface area (Å²) >= 11 is 0. The van der Waals surface area contributed by atoms with E-state index in [9.17, 15) is 19.0 Å². The van der Waals surface area contributed by atoms with E-state index in [1.54, 1.807) is 0 Å². The van der Waals surface area contributed by atoms with Crippen LogP contribution < -0.4 is 10.2 Å². The average Bonchev–Trinajstić information content (AvgIpc) is 3.67. The Kier molecular flexibility index (Phi) is 63.9. The highest BCUT2D eigenvalue weighted by atomic mass is 31.2. The summed E-state index contributed by atoms with van der Waals surface area (Å²) < 4.78 is 30.5. The van der Waals surface area contributed by atoms with Crippen LogP contribution in [0.2, 0.25) is 0 Å². The minimum Gasteiger partial charge on any atom is -0.756 e. The highest BCUT2D eigenvalue weighted by Gasteiger charge is 2.27. The fraction of sp³-hybridized carbons (Fsp3) is 0.842. The molecule has 0 fully saturated rings. The molecule has 0 aromatic heterocycles. The SMILES string of the molecule is CCCCC/C=C\C/C=C\C/C=C\C/C=C\CCCCCCCCCCCCCC(=O)NC(COP(=O)([O-])OCC[N+](C)(C)C)C(/C=C\CCCCCCCCCCCC)OC(=O)CCCCCCCCCCCCCCCCCCCCCCC. The molecule has 3 atom stereocenters. The van der Waals surface area contributed by atoms with Crippen LogP contribution >= 0.6 is 7.82 Å². The summed E-state index contributed by atoms with van der Waals surface area (Å²) in [5.41, 5.74) is 0. The van der Waals surface area contributed by atoms with Gasteiger partial charge in [0.2, 0.25) is 5.91 Å². The standard InChI is InChI=1S/C76H143N2O7P/c1-7-10-13-16-19-22-25-28-30-32-34-36-37-38-39-40-41-43-44-46-48-50-53-56-59-62-65-68-75(79)77-73(72-84-86(81,82)83-71-70-78(4,5)6)74(67-64-61-58-55-52-27-24-21-18-15-12-9-3)85-76(80)69-66-63-60-57-54-51-49-47-45-42-35-33-31-29-26-23-20-17-14-11-8-2/h19,22,28,30,34,36,38-39,64,67,73-74H,7-18,20-21,23-27,29,31-33,35,37,40-63,65-66,68-72H2,1-6H3,(H-,77,79,81,82)/b22-19-,30-28-,36-34-,39-38-,67-64-. The second kappa shape index (κ2) is 65.7. The first-order valence-electron chi connectivity index (χ1n) is 37.1. The Morgan fingerprint density at radius 3 is 1.08 bits per heavy atom. The molecule has 0 aromatic rings. The van der Waals surface area contributed by atoms with Crippen molar-refractivity contribution in [3.05, 3.63) is 60.8 Å². The molecule has 86 heavy (non-hydrogen) atoms. The van der Waals surface area contributed by atoms with Crippen LogP contribution in [-0.4, -0.2) is 69.4 Å². The van der Waals surface area contributed by atoms with Gasteiger partial charge in [-0.05, 0) is 76.7 Å². The van der Waals surface area contributed by atoms with Gasteiger partial charge in [0.25, 0.3) is 7.82 Å². The van der Waals surface area contributed by atoms with Gasteiger partial charge in [-0.25, -0.2) is 0 Å². The molecule has 1 amide bonds. The number of quaternary nitrogens is 1. The van der Waals surface area contributed by atoms with Gasteiger partial charge in [-0.3, -0.25) is 14.2 Å². The molecule has 10 heteroatoms. The Balaban J connectivity index is 5.00. The predicted molar refractivity (Wildman–Crippen MR) is 372 cm³/mol. The molecule has 0 radical (unpaired) electrons. The molecule has 0 aliphatic carbocycles. The number of rotatable bonds is 68. The Bertz CT molecular complexity index is 1650. The molecule has 0 aromatic carbocycles. The average molecular weight is 1230 g/mol. The van der Waals surface area contributed by atoms with Crippen molar-refractivity contribution in [1.82, 2.24) is 5.32 Å². The normalized spacial score (nSPS) is 13.8. The first-order chi connectivity index (χ1) is 41.9. The highest BCUT2D eigenvalue weighted by molar-refractivity contribution is 7.45. The number of phosphoric acid groups is 1. The molecule has 1 N–H and O–H groups in total. The number of likely N-dealkylation sites (N-methyl/N-ethyl adjacent to an activating group) is 1. The molecule has 9 nitrogen and oxygen atoms in total. The summed E-state index contributed by atoms with van der Waals surface area (Å²) in [5, 5.41) is 3.05. The largest absolute Gasteiger partial charge is 0.756 e. The maximum atomic E-state index is 13.6. The zero-order valence-electron chi connectivity index (χ0n) is 57.8. The number of hydrogen-bond acceptors (Lipinski definition) is 7. The molecular formula is C76H143N2O7P. The summed E-state index contributed by atoms with van der Waals surface area (Å²) in [4.78, 5) is 40.2. The topological polar surface area (TPSA) is 114 Å². The summed E-state index contributed by atoms with van der Waals surface area (Å²) in [7, 11) is 1.19. The van der Waals surface area contributed by atoms with Gasteiger partial charge in [0, 0.05) is 12.8 Å². The van der Waals surface area contributed by atoms with Crippen LogP contribution in [0.25, 0.3) is 0 Å². The van der Waals surface area contributed by atoms with Crippen LogP contribution in [0.3, 0.4) is 0 Å². The van der Waals surface area contributed by atoms with Crippen molar-refractivity contribution in [1.29, 1.82) is 0 Å². The number of amides is 1. The van der Waals surface area contributed by atoms with Gasteiger partial charge >= 0.3 is 5.97 Å². The van der Waals surface area contributed by atoms with E-state index in [1.165, 1.54) is 250 Å². The number of ether oxygens (including phenoxy) is 1. The van der Waals surface area contributed by atoms with Crippen LogP contribution in [-0.2, 0) is 27.9 Å². The highest BCUT2D eigenvalue weighted by Crippen LogP contribution is 2.38. The predicted octanol–water partition coefficient (Wildman–Crippen LogP) is 23.1. The molecular weight excluding hydrogens is 1080 g/mol. The number of nitrogens with zero attached hydrogens (tertiary/aromatic N) is 1. The minimum atomic E-state index is -4.71. The number of allylic oxidation sites excluding steroid dienone is 9. The number of nitrogens with one attached hydrogen (secondary N) is 1. The zero-order valence-corrected chi connectivity index (χ0v) is 58.7. The van der Waals surface area contributed by atoms with Crippen molar-refractivity contribution in [3.8, 4) is 0 Å². The van der Waals surface area contributed by atoms with E-state index in [0.717, 1.165) is 77.0 Å². The monoisotopic (exact) mass is 1230 g/mol. The summed E-state index contributed by atoms with van der Waals surface area (Å²) in [5.74, 6) is -0.528. The van der Waals surface area contributed by atoms with Crippen molar-refractivity contribution in [2.75, 3.05) is 40.9 Å². The summed E-state index contributed by atoms with van der Waals surface area (Å²) in [6.07, 6.45) is 84.9. The van der Waals surface area contributed by atoms with Gasteiger partial charge in [-0.2, -0.15) is 0 Å². The van der Waals surface area contributed by atoms with E-state index in [4.69, 9.17) is 13.8 Å². The molecule has 0 heterocycles. The van der Waals surface area contributed by atoms with Gasteiger partial charge in [-0.1, -0.05) is 332 Å². The van der Waals surface area contributed by atoms with Gasteiger partial charge < -0.3 is 28.5 Å². The van der Waals surface area contributed by atoms with E-state index in [-0.39, 0.29) is 31.5 Å². The molecule has 0 aliphatic heterocycles. The molecule has 504 valence electrons. The van der Waals surface area contributed by atoms with E-state index in [2.05, 4.69) is 74.7 Å². The third-order valence-electron chi connectivity index (χ3n) is 16.7. The maximum Gasteiger partial charge on any atom is 0.306 e. The van der Waals surface area contributed by atoms with Crippen LogP contribution in [0, 0.1) is 0 Å². The van der Waals surface area contributed by atoms with E-state index >= 15 is 0 Å². The summed E-state index contributed by atoms with van der Waals surface area (Å²) in [6.45, 7) is 6.87. The minimum absolute atomic E-state index is 0.0220. The van der Waals surface area contributed by atoms with E-state index in [1.807, 2.05) is 33.3 Å². The number of unbranched alkanes of at least 4 members (excludes halogenated alkanes) is 44. The number of carbonyl (C=O) groups excluding carboxylic acids is 2.